The van der Waals surface area contributed by atoms with Gasteiger partial charge in [-0.25, -0.2) is 0 Å². The van der Waals surface area contributed by atoms with Gasteiger partial charge in [-0.15, -0.1) is 17.0 Å². The molecule has 0 aromatic carbocycles. The normalized spacial score (nSPS) is 36.5. The number of likely N-dealkylation sites (tertiary alicyclic amines) is 1. The Balaban J connectivity index is 0.000000151. The van der Waals surface area contributed by atoms with E-state index in [4.69, 9.17) is 0 Å². The van der Waals surface area contributed by atoms with Crippen molar-refractivity contribution >= 4 is 17.0 Å². The predicted molar refractivity (Wildman–Crippen MR) is 76.2 cm³/mol. The summed E-state index contributed by atoms with van der Waals surface area (Å²) in [6.45, 7) is 3.61. The molecule has 1 saturated carbocycles. The highest BCUT2D eigenvalue weighted by atomic mass is 79.9. The van der Waals surface area contributed by atoms with Crippen LogP contribution in [0.1, 0.15) is 45.4 Å². The minimum atomic E-state index is 0. The van der Waals surface area contributed by atoms with Crippen LogP contribution in [0.4, 0.5) is 0 Å². The maximum absolute atomic E-state index is 2.43. The van der Waals surface area contributed by atoms with Crippen LogP contribution < -0.4 is 0 Å². The summed E-state index contributed by atoms with van der Waals surface area (Å²) in [6.07, 6.45) is 13.4. The molecular weight excluding hydrogens is 262 g/mol. The van der Waals surface area contributed by atoms with Crippen LogP contribution in [-0.2, 0) is 0 Å². The second-order valence-corrected chi connectivity index (χ2v) is 5.54. The van der Waals surface area contributed by atoms with Crippen LogP contribution in [0, 0.1) is 11.8 Å². The van der Waals surface area contributed by atoms with Crippen LogP contribution >= 0.6 is 17.0 Å². The Morgan fingerprint density at radius 2 is 1.62 bits per heavy atom. The minimum absolute atomic E-state index is 0. The van der Waals surface area contributed by atoms with Crippen molar-refractivity contribution in [1.82, 2.24) is 4.90 Å². The van der Waals surface area contributed by atoms with Gasteiger partial charge >= 0.3 is 0 Å². The molecule has 0 amide bonds. The molecule has 2 fully saturated rings. The predicted octanol–water partition coefficient (Wildman–Crippen LogP) is 4.04. The van der Waals surface area contributed by atoms with E-state index in [1.165, 1.54) is 45.1 Å². The van der Waals surface area contributed by atoms with Gasteiger partial charge in [0.1, 0.15) is 0 Å². The van der Waals surface area contributed by atoms with Gasteiger partial charge in [-0.05, 0) is 64.5 Å². The number of halogens is 1. The molecule has 2 heteroatoms. The summed E-state index contributed by atoms with van der Waals surface area (Å²) < 4.78 is 0. The Kier molecular flexibility index (Phi) is 6.06. The van der Waals surface area contributed by atoms with Gasteiger partial charge in [0.25, 0.3) is 0 Å². The summed E-state index contributed by atoms with van der Waals surface area (Å²) >= 11 is 0. The Morgan fingerprint density at radius 1 is 1.00 bits per heavy atom. The van der Waals surface area contributed by atoms with Gasteiger partial charge in [-0.3, -0.25) is 0 Å². The third kappa shape index (κ3) is 3.89. The summed E-state index contributed by atoms with van der Waals surface area (Å²) in [5.41, 5.74) is 0. The van der Waals surface area contributed by atoms with Gasteiger partial charge in [0.05, 0.1) is 0 Å². The third-order valence-corrected chi connectivity index (χ3v) is 4.30. The van der Waals surface area contributed by atoms with Crippen LogP contribution in [-0.4, -0.2) is 24.5 Å². The summed E-state index contributed by atoms with van der Waals surface area (Å²) in [7, 11) is 2.21. The molecule has 1 saturated heterocycles. The number of piperidine rings is 1. The lowest BCUT2D eigenvalue weighted by atomic mass is 10.1. The van der Waals surface area contributed by atoms with E-state index in [1.54, 1.807) is 0 Å². The minimum Gasteiger partial charge on any atom is -0.304 e. The third-order valence-electron chi connectivity index (χ3n) is 4.30. The van der Waals surface area contributed by atoms with E-state index < -0.39 is 0 Å². The molecule has 3 unspecified atom stereocenters. The molecule has 1 aliphatic heterocycles. The molecule has 3 aliphatic rings. The number of hydrogen-bond donors (Lipinski definition) is 0. The van der Waals surface area contributed by atoms with E-state index in [0.717, 1.165) is 17.9 Å². The molecule has 0 aromatic heterocycles. The first-order valence-electron chi connectivity index (χ1n) is 6.64. The number of fused-ring (bicyclic) bond motifs is 2. The first-order valence-corrected chi connectivity index (χ1v) is 6.64. The van der Waals surface area contributed by atoms with Crippen molar-refractivity contribution in [3.05, 3.63) is 12.2 Å². The zero-order chi connectivity index (χ0) is 10.7. The van der Waals surface area contributed by atoms with Crippen molar-refractivity contribution in [3.8, 4) is 0 Å². The fourth-order valence-electron chi connectivity index (χ4n) is 2.96. The number of rotatable bonds is 0. The van der Waals surface area contributed by atoms with Crippen LogP contribution in [0.3, 0.4) is 0 Å². The van der Waals surface area contributed by atoms with Gasteiger partial charge in [-0.1, -0.05) is 18.6 Å². The summed E-state index contributed by atoms with van der Waals surface area (Å²) in [5, 5.41) is 0. The second-order valence-electron chi connectivity index (χ2n) is 5.54. The van der Waals surface area contributed by atoms with Crippen LogP contribution in [0.2, 0.25) is 0 Å². The lowest BCUT2D eigenvalue weighted by Gasteiger charge is -2.29. The van der Waals surface area contributed by atoms with E-state index in [-0.39, 0.29) is 17.0 Å². The zero-order valence-electron chi connectivity index (χ0n) is 10.7. The van der Waals surface area contributed by atoms with Crippen LogP contribution in [0.5, 0.6) is 0 Å². The van der Waals surface area contributed by atoms with E-state index in [1.807, 2.05) is 0 Å². The monoisotopic (exact) mass is 287 g/mol. The van der Waals surface area contributed by atoms with Gasteiger partial charge in [-0.2, -0.15) is 0 Å². The highest BCUT2D eigenvalue weighted by Crippen LogP contribution is 2.38. The molecule has 2 bridgehead atoms. The molecule has 0 N–H and O–H groups in total. The van der Waals surface area contributed by atoms with Gasteiger partial charge in [0.2, 0.25) is 0 Å². The lowest BCUT2D eigenvalue weighted by molar-refractivity contribution is 0.200. The number of allylic oxidation sites excluding steroid dienone is 2. The fourth-order valence-corrected chi connectivity index (χ4v) is 2.96. The van der Waals surface area contributed by atoms with E-state index in [2.05, 4.69) is 31.0 Å². The van der Waals surface area contributed by atoms with Crippen molar-refractivity contribution < 1.29 is 0 Å². The molecule has 2 aliphatic carbocycles. The maximum atomic E-state index is 2.43. The Labute approximate surface area is 111 Å². The maximum Gasteiger partial charge on any atom is 0.00638 e. The Morgan fingerprint density at radius 3 is 1.88 bits per heavy atom. The van der Waals surface area contributed by atoms with Gasteiger partial charge < -0.3 is 4.90 Å². The quantitative estimate of drug-likeness (QED) is 0.608. The SMILES string of the molecule is Br.C1=CC2CCC1C2.CC1CCCCN1C. The van der Waals surface area contributed by atoms with E-state index in [9.17, 15) is 0 Å². The average molecular weight is 288 g/mol. The van der Waals surface area contributed by atoms with Crippen LogP contribution in [0.15, 0.2) is 12.2 Å². The zero-order valence-corrected chi connectivity index (χ0v) is 12.4. The molecule has 16 heavy (non-hydrogen) atoms. The van der Waals surface area contributed by atoms with E-state index >= 15 is 0 Å². The average Bonchev–Trinajstić information content (AvgIpc) is 2.87. The first kappa shape index (κ1) is 14.2. The molecule has 0 aromatic rings. The van der Waals surface area contributed by atoms with E-state index in [0.29, 0.717) is 0 Å². The molecule has 1 nitrogen and oxygen atoms in total. The van der Waals surface area contributed by atoms with Crippen molar-refractivity contribution in [2.45, 2.75) is 51.5 Å². The molecule has 3 atom stereocenters. The highest BCUT2D eigenvalue weighted by Gasteiger charge is 2.25. The summed E-state index contributed by atoms with van der Waals surface area (Å²) in [5.74, 6) is 1.98. The largest absolute Gasteiger partial charge is 0.304 e. The summed E-state index contributed by atoms with van der Waals surface area (Å²) in [4.78, 5) is 2.43. The molecule has 94 valence electrons. The standard InChI is InChI=1S/C7H15N.C7H10.BrH/c1-7-5-3-4-6-8(7)2;1-2-7-4-3-6(1)5-7;/h7H,3-6H2,1-2H3;1-2,6-7H,3-5H2;1H. The second kappa shape index (κ2) is 6.80. The fraction of sp³-hybridized carbons (Fsp3) is 0.857. The Hall–Kier alpha value is 0.180. The van der Waals surface area contributed by atoms with Crippen LogP contribution in [0.25, 0.3) is 0 Å². The van der Waals surface area contributed by atoms with Crippen molar-refractivity contribution in [2.24, 2.45) is 11.8 Å². The molecule has 0 radical (unpaired) electrons. The van der Waals surface area contributed by atoms with Crippen molar-refractivity contribution in [1.29, 1.82) is 0 Å². The number of nitrogens with zero attached hydrogens (tertiary/aromatic N) is 1. The Bertz CT molecular complexity index is 205. The molecule has 3 rings (SSSR count). The number of hydrogen-bond acceptors (Lipinski definition) is 1. The lowest BCUT2D eigenvalue weighted by Crippen LogP contribution is -2.33. The van der Waals surface area contributed by atoms with Crippen molar-refractivity contribution in [2.75, 3.05) is 13.6 Å². The van der Waals surface area contributed by atoms with Gasteiger partial charge in [0, 0.05) is 6.04 Å². The highest BCUT2D eigenvalue weighted by molar-refractivity contribution is 8.93. The summed E-state index contributed by atoms with van der Waals surface area (Å²) in [6, 6.07) is 0.837. The van der Waals surface area contributed by atoms with Crippen molar-refractivity contribution in [3.63, 3.8) is 0 Å². The van der Waals surface area contributed by atoms with Gasteiger partial charge in [0.15, 0.2) is 0 Å². The molecular formula is C14H26BrN. The first-order chi connectivity index (χ1) is 7.25. The smallest absolute Gasteiger partial charge is 0.00638 e. The molecule has 0 spiro atoms. The molecule has 1 heterocycles. The topological polar surface area (TPSA) is 3.24 Å².